The summed E-state index contributed by atoms with van der Waals surface area (Å²) >= 11 is 0. The number of nitrogens with one attached hydrogen (secondary N) is 1. The van der Waals surface area contributed by atoms with E-state index in [4.69, 9.17) is 0 Å². The van der Waals surface area contributed by atoms with E-state index in [-0.39, 0.29) is 18.6 Å². The van der Waals surface area contributed by atoms with Gasteiger partial charge in [0.05, 0.1) is 11.6 Å². The van der Waals surface area contributed by atoms with Gasteiger partial charge in [-0.1, -0.05) is 36.4 Å². The molecule has 4 nitrogen and oxygen atoms in total. The third kappa shape index (κ3) is 3.55. The lowest BCUT2D eigenvalue weighted by Crippen LogP contribution is -2.29. The van der Waals surface area contributed by atoms with Crippen LogP contribution in [-0.2, 0) is 0 Å². The molecule has 1 unspecified atom stereocenters. The molecule has 0 aliphatic carbocycles. The van der Waals surface area contributed by atoms with Crippen LogP contribution < -0.4 is 5.32 Å². The van der Waals surface area contributed by atoms with Crippen LogP contribution in [0.2, 0.25) is 0 Å². The number of carbonyl (C=O) groups is 1. The van der Waals surface area contributed by atoms with Crippen LogP contribution in [0.25, 0.3) is 10.9 Å². The van der Waals surface area contributed by atoms with Crippen molar-refractivity contribution in [3.05, 3.63) is 78.0 Å². The molecule has 1 amide bonds. The van der Waals surface area contributed by atoms with Gasteiger partial charge >= 0.3 is 0 Å². The number of hydrogen-bond acceptors (Lipinski definition) is 3. The summed E-state index contributed by atoms with van der Waals surface area (Å²) in [6.45, 7) is 0.0154. The summed E-state index contributed by atoms with van der Waals surface area (Å²) in [6, 6.07) is 18.7. The fourth-order valence-electron chi connectivity index (χ4n) is 2.60. The van der Waals surface area contributed by atoms with Crippen molar-refractivity contribution in [1.29, 1.82) is 0 Å². The van der Waals surface area contributed by atoms with Crippen molar-refractivity contribution in [2.75, 3.05) is 6.61 Å². The Bertz CT molecular complexity index is 803. The monoisotopic (exact) mass is 306 g/mol. The fraction of sp³-hybridized carbons (Fsp3) is 0.158. The molecular weight excluding hydrogens is 288 g/mol. The van der Waals surface area contributed by atoms with Crippen molar-refractivity contribution in [1.82, 2.24) is 10.3 Å². The van der Waals surface area contributed by atoms with Crippen LogP contribution in [-0.4, -0.2) is 22.6 Å². The number of fused-ring (bicyclic) bond motifs is 1. The minimum atomic E-state index is -0.210. The lowest BCUT2D eigenvalue weighted by atomic mass is 10.0. The Morgan fingerprint density at radius 3 is 2.70 bits per heavy atom. The Labute approximate surface area is 134 Å². The summed E-state index contributed by atoms with van der Waals surface area (Å²) in [5.74, 6) is -0.155. The van der Waals surface area contributed by atoms with E-state index in [1.807, 2.05) is 54.6 Å². The topological polar surface area (TPSA) is 62.2 Å². The molecule has 1 atom stereocenters. The second kappa shape index (κ2) is 7.03. The van der Waals surface area contributed by atoms with Gasteiger partial charge in [-0.2, -0.15) is 0 Å². The third-order valence-corrected chi connectivity index (χ3v) is 3.79. The SMILES string of the molecule is O=C(NC(CCO)c1ccccc1)c1ccc2ncccc2c1. The Balaban J connectivity index is 1.82. The first-order valence-electron chi connectivity index (χ1n) is 7.59. The molecular formula is C19H18N2O2. The zero-order valence-corrected chi connectivity index (χ0v) is 12.6. The van der Waals surface area contributed by atoms with E-state index in [1.54, 1.807) is 12.3 Å². The molecule has 3 rings (SSSR count). The van der Waals surface area contributed by atoms with E-state index >= 15 is 0 Å². The van der Waals surface area contributed by atoms with Crippen LogP contribution in [0.15, 0.2) is 66.9 Å². The Hall–Kier alpha value is -2.72. The molecule has 0 aliphatic heterocycles. The lowest BCUT2D eigenvalue weighted by molar-refractivity contribution is 0.0930. The Morgan fingerprint density at radius 2 is 1.91 bits per heavy atom. The average molecular weight is 306 g/mol. The van der Waals surface area contributed by atoms with Crippen molar-refractivity contribution in [2.24, 2.45) is 0 Å². The summed E-state index contributed by atoms with van der Waals surface area (Å²) in [5, 5.41) is 13.2. The second-order valence-corrected chi connectivity index (χ2v) is 5.36. The largest absolute Gasteiger partial charge is 0.396 e. The van der Waals surface area contributed by atoms with Gasteiger partial charge in [-0.3, -0.25) is 9.78 Å². The quantitative estimate of drug-likeness (QED) is 0.761. The third-order valence-electron chi connectivity index (χ3n) is 3.79. The average Bonchev–Trinajstić information content (AvgIpc) is 2.61. The molecule has 0 spiro atoms. The normalized spacial score (nSPS) is 12.0. The molecule has 4 heteroatoms. The molecule has 1 heterocycles. The first-order valence-corrected chi connectivity index (χ1v) is 7.59. The number of benzene rings is 2. The van der Waals surface area contributed by atoms with Gasteiger partial charge in [-0.15, -0.1) is 0 Å². The minimum absolute atomic E-state index is 0.0154. The summed E-state index contributed by atoms with van der Waals surface area (Å²) < 4.78 is 0. The number of aliphatic hydroxyl groups is 1. The maximum Gasteiger partial charge on any atom is 0.251 e. The summed E-state index contributed by atoms with van der Waals surface area (Å²) in [6.07, 6.45) is 2.21. The predicted octanol–water partition coefficient (Wildman–Crippen LogP) is 3.09. The minimum Gasteiger partial charge on any atom is -0.396 e. The molecule has 23 heavy (non-hydrogen) atoms. The smallest absolute Gasteiger partial charge is 0.251 e. The second-order valence-electron chi connectivity index (χ2n) is 5.36. The van der Waals surface area contributed by atoms with E-state index in [1.165, 1.54) is 0 Å². The number of nitrogens with zero attached hydrogens (tertiary/aromatic N) is 1. The first kappa shape index (κ1) is 15.2. The van der Waals surface area contributed by atoms with Gasteiger partial charge in [-0.05, 0) is 36.2 Å². The van der Waals surface area contributed by atoms with Crippen molar-refractivity contribution in [3.63, 3.8) is 0 Å². The Morgan fingerprint density at radius 1 is 1.09 bits per heavy atom. The van der Waals surface area contributed by atoms with Gasteiger partial charge in [0.1, 0.15) is 0 Å². The maximum atomic E-state index is 12.5. The van der Waals surface area contributed by atoms with E-state index < -0.39 is 0 Å². The lowest BCUT2D eigenvalue weighted by Gasteiger charge is -2.18. The Kier molecular flexibility index (Phi) is 4.64. The zero-order chi connectivity index (χ0) is 16.1. The number of amides is 1. The molecule has 0 saturated carbocycles. The summed E-state index contributed by atoms with van der Waals surface area (Å²) in [7, 11) is 0. The predicted molar refractivity (Wildman–Crippen MR) is 90.1 cm³/mol. The van der Waals surface area contributed by atoms with Crippen LogP contribution in [0, 0.1) is 0 Å². The van der Waals surface area contributed by atoms with Crippen LogP contribution in [0.1, 0.15) is 28.4 Å². The van der Waals surface area contributed by atoms with E-state index in [0.717, 1.165) is 16.5 Å². The van der Waals surface area contributed by atoms with E-state index in [9.17, 15) is 9.90 Å². The molecule has 2 N–H and O–H groups in total. The molecule has 0 saturated heterocycles. The highest BCUT2D eigenvalue weighted by atomic mass is 16.3. The van der Waals surface area contributed by atoms with Gasteiger partial charge in [0, 0.05) is 23.8 Å². The van der Waals surface area contributed by atoms with Crippen molar-refractivity contribution < 1.29 is 9.90 Å². The van der Waals surface area contributed by atoms with Gasteiger partial charge in [0.15, 0.2) is 0 Å². The number of aromatic nitrogens is 1. The van der Waals surface area contributed by atoms with Gasteiger partial charge in [0.25, 0.3) is 5.91 Å². The van der Waals surface area contributed by atoms with Crippen LogP contribution in [0.4, 0.5) is 0 Å². The van der Waals surface area contributed by atoms with Crippen molar-refractivity contribution >= 4 is 16.8 Å². The van der Waals surface area contributed by atoms with Crippen molar-refractivity contribution in [2.45, 2.75) is 12.5 Å². The fourth-order valence-corrected chi connectivity index (χ4v) is 2.60. The highest BCUT2D eigenvalue weighted by Crippen LogP contribution is 2.18. The number of rotatable bonds is 5. The molecule has 0 fully saturated rings. The molecule has 0 aliphatic rings. The highest BCUT2D eigenvalue weighted by Gasteiger charge is 2.15. The number of pyridine rings is 1. The van der Waals surface area contributed by atoms with Crippen molar-refractivity contribution in [3.8, 4) is 0 Å². The molecule has 0 radical (unpaired) electrons. The van der Waals surface area contributed by atoms with Gasteiger partial charge < -0.3 is 10.4 Å². The number of carbonyl (C=O) groups excluding carboxylic acids is 1. The highest BCUT2D eigenvalue weighted by molar-refractivity contribution is 5.98. The van der Waals surface area contributed by atoms with Gasteiger partial charge in [0.2, 0.25) is 0 Å². The van der Waals surface area contributed by atoms with Gasteiger partial charge in [-0.25, -0.2) is 0 Å². The molecule has 116 valence electrons. The maximum absolute atomic E-state index is 12.5. The standard InChI is InChI=1S/C19H18N2O2/c22-12-10-18(14-5-2-1-3-6-14)21-19(23)16-8-9-17-15(13-16)7-4-11-20-17/h1-9,11,13,18,22H,10,12H2,(H,21,23). The molecule has 2 aromatic carbocycles. The van der Waals surface area contributed by atoms with Crippen LogP contribution in [0.3, 0.4) is 0 Å². The number of hydrogen-bond donors (Lipinski definition) is 2. The molecule has 0 bridgehead atoms. The zero-order valence-electron chi connectivity index (χ0n) is 12.6. The van der Waals surface area contributed by atoms with Crippen LogP contribution >= 0.6 is 0 Å². The van der Waals surface area contributed by atoms with E-state index in [2.05, 4.69) is 10.3 Å². The molecule has 1 aromatic heterocycles. The number of aliphatic hydroxyl groups excluding tert-OH is 1. The van der Waals surface area contributed by atoms with Crippen LogP contribution in [0.5, 0.6) is 0 Å². The first-order chi connectivity index (χ1) is 11.3. The molecule has 3 aromatic rings. The van der Waals surface area contributed by atoms with E-state index in [0.29, 0.717) is 12.0 Å². The summed E-state index contributed by atoms with van der Waals surface area (Å²) in [5.41, 5.74) is 2.43. The summed E-state index contributed by atoms with van der Waals surface area (Å²) in [4.78, 5) is 16.8.